The highest BCUT2D eigenvalue weighted by Crippen LogP contribution is 2.20. The zero-order chi connectivity index (χ0) is 18.4. The van der Waals surface area contributed by atoms with Crippen molar-refractivity contribution in [3.8, 4) is 0 Å². The molecule has 0 spiro atoms. The molecule has 1 amide bonds. The van der Waals surface area contributed by atoms with E-state index in [-0.39, 0.29) is 22.1 Å². The number of rotatable bonds is 7. The average Bonchev–Trinajstić information content (AvgIpc) is 2.57. The Hall–Kier alpha value is -2.52. The largest absolute Gasteiger partial charge is 0.383 e. The van der Waals surface area contributed by atoms with Crippen LogP contribution in [0, 0.1) is 11.6 Å². The second kappa shape index (κ2) is 8.04. The number of halogens is 2. The number of amides is 1. The first-order valence-electron chi connectivity index (χ1n) is 7.18. The van der Waals surface area contributed by atoms with E-state index in [4.69, 9.17) is 4.74 Å². The summed E-state index contributed by atoms with van der Waals surface area (Å²) >= 11 is 0. The molecule has 0 aliphatic rings. The van der Waals surface area contributed by atoms with Gasteiger partial charge in [-0.1, -0.05) is 0 Å². The van der Waals surface area contributed by atoms with Crippen molar-refractivity contribution in [2.24, 2.45) is 0 Å². The third-order valence-electron chi connectivity index (χ3n) is 3.19. The maximum Gasteiger partial charge on any atom is 0.261 e. The van der Waals surface area contributed by atoms with E-state index in [0.29, 0.717) is 19.2 Å². The Kier molecular flexibility index (Phi) is 6.05. The van der Waals surface area contributed by atoms with Crippen LogP contribution in [0.2, 0.25) is 0 Å². The molecule has 0 aliphatic carbocycles. The molecule has 6 nitrogen and oxygen atoms in total. The number of hydrogen-bond acceptors (Lipinski definition) is 4. The van der Waals surface area contributed by atoms with Gasteiger partial charge in [-0.3, -0.25) is 9.52 Å². The molecular formula is C16H16F2N2O4S. The topological polar surface area (TPSA) is 84.5 Å². The lowest BCUT2D eigenvalue weighted by atomic mass is 10.2. The third kappa shape index (κ3) is 4.97. The fraction of sp³-hybridized carbons (Fsp3) is 0.188. The fourth-order valence-corrected chi connectivity index (χ4v) is 3.00. The van der Waals surface area contributed by atoms with E-state index in [2.05, 4.69) is 5.32 Å². The minimum atomic E-state index is -4.08. The quantitative estimate of drug-likeness (QED) is 0.732. The van der Waals surface area contributed by atoms with Crippen LogP contribution in [0.4, 0.5) is 14.5 Å². The van der Waals surface area contributed by atoms with Crippen LogP contribution >= 0.6 is 0 Å². The number of carbonyl (C=O) groups is 1. The number of anilines is 1. The van der Waals surface area contributed by atoms with Gasteiger partial charge in [-0.05, 0) is 36.4 Å². The lowest BCUT2D eigenvalue weighted by Crippen LogP contribution is -2.26. The van der Waals surface area contributed by atoms with Crippen LogP contribution in [-0.4, -0.2) is 34.6 Å². The van der Waals surface area contributed by atoms with Crippen molar-refractivity contribution in [1.82, 2.24) is 5.32 Å². The van der Waals surface area contributed by atoms with E-state index in [0.717, 1.165) is 12.1 Å². The lowest BCUT2D eigenvalue weighted by Gasteiger charge is -2.10. The zero-order valence-electron chi connectivity index (χ0n) is 13.3. The Morgan fingerprint density at radius 1 is 1.12 bits per heavy atom. The third-order valence-corrected chi connectivity index (χ3v) is 4.58. The number of carbonyl (C=O) groups excluding carboxylic acids is 1. The van der Waals surface area contributed by atoms with E-state index in [1.807, 2.05) is 4.72 Å². The van der Waals surface area contributed by atoms with Gasteiger partial charge in [0.2, 0.25) is 0 Å². The van der Waals surface area contributed by atoms with Crippen LogP contribution in [0.3, 0.4) is 0 Å². The van der Waals surface area contributed by atoms with E-state index in [1.54, 1.807) is 0 Å². The summed E-state index contributed by atoms with van der Waals surface area (Å²) in [6.07, 6.45) is 0. The van der Waals surface area contributed by atoms with Crippen molar-refractivity contribution in [2.75, 3.05) is 25.0 Å². The maximum absolute atomic E-state index is 13.6. The number of nitrogens with one attached hydrogen (secondary N) is 2. The molecule has 0 unspecified atom stereocenters. The molecule has 0 radical (unpaired) electrons. The molecule has 0 saturated heterocycles. The Labute approximate surface area is 143 Å². The fourth-order valence-electron chi connectivity index (χ4n) is 1.93. The molecule has 2 aromatic rings. The molecule has 0 heterocycles. The van der Waals surface area contributed by atoms with Crippen molar-refractivity contribution in [3.63, 3.8) is 0 Å². The minimum Gasteiger partial charge on any atom is -0.383 e. The summed E-state index contributed by atoms with van der Waals surface area (Å²) in [4.78, 5) is 11.7. The second-order valence-corrected chi connectivity index (χ2v) is 6.69. The van der Waals surface area contributed by atoms with E-state index >= 15 is 0 Å². The number of sulfonamides is 1. The summed E-state index contributed by atoms with van der Waals surface area (Å²) in [5, 5.41) is 2.60. The Morgan fingerprint density at radius 3 is 2.40 bits per heavy atom. The summed E-state index contributed by atoms with van der Waals surface area (Å²) in [6, 6.07) is 7.60. The summed E-state index contributed by atoms with van der Waals surface area (Å²) in [5.74, 6) is -2.22. The first-order valence-corrected chi connectivity index (χ1v) is 8.67. The summed E-state index contributed by atoms with van der Waals surface area (Å²) in [7, 11) is -2.57. The van der Waals surface area contributed by atoms with Crippen LogP contribution < -0.4 is 10.0 Å². The standard InChI is InChI=1S/C16H16F2N2O4S/c1-24-9-8-19-16(21)11-2-5-13(6-3-11)25(22,23)20-15-7-4-12(17)10-14(15)18/h2-7,10,20H,8-9H2,1H3,(H,19,21). The minimum absolute atomic E-state index is 0.162. The molecule has 0 fully saturated rings. The van der Waals surface area contributed by atoms with Crippen molar-refractivity contribution in [1.29, 1.82) is 0 Å². The summed E-state index contributed by atoms with van der Waals surface area (Å²) in [5.41, 5.74) is -0.106. The zero-order valence-corrected chi connectivity index (χ0v) is 14.1. The molecule has 25 heavy (non-hydrogen) atoms. The van der Waals surface area contributed by atoms with Gasteiger partial charge in [0.25, 0.3) is 15.9 Å². The molecule has 2 rings (SSSR count). The van der Waals surface area contributed by atoms with Crippen molar-refractivity contribution < 1.29 is 26.7 Å². The monoisotopic (exact) mass is 370 g/mol. The van der Waals surface area contributed by atoms with Crippen LogP contribution in [-0.2, 0) is 14.8 Å². The smallest absolute Gasteiger partial charge is 0.261 e. The van der Waals surface area contributed by atoms with Gasteiger partial charge in [-0.15, -0.1) is 0 Å². The van der Waals surface area contributed by atoms with Gasteiger partial charge in [0.15, 0.2) is 0 Å². The molecule has 0 aliphatic heterocycles. The van der Waals surface area contributed by atoms with Crippen molar-refractivity contribution >= 4 is 21.6 Å². The highest BCUT2D eigenvalue weighted by molar-refractivity contribution is 7.92. The van der Waals surface area contributed by atoms with Crippen molar-refractivity contribution in [2.45, 2.75) is 4.90 Å². The van der Waals surface area contributed by atoms with Gasteiger partial charge in [-0.25, -0.2) is 17.2 Å². The first kappa shape index (κ1) is 18.8. The highest BCUT2D eigenvalue weighted by Gasteiger charge is 2.17. The number of benzene rings is 2. The average molecular weight is 370 g/mol. The maximum atomic E-state index is 13.6. The molecular weight excluding hydrogens is 354 g/mol. The van der Waals surface area contributed by atoms with Gasteiger partial charge in [0.1, 0.15) is 11.6 Å². The molecule has 2 aromatic carbocycles. The summed E-state index contributed by atoms with van der Waals surface area (Å²) in [6.45, 7) is 0.673. The van der Waals surface area contributed by atoms with Crippen LogP contribution in [0.15, 0.2) is 47.4 Å². The Balaban J connectivity index is 2.13. The van der Waals surface area contributed by atoms with Crippen LogP contribution in [0.1, 0.15) is 10.4 Å². The Bertz CT molecular complexity index is 855. The Morgan fingerprint density at radius 2 is 1.80 bits per heavy atom. The number of ether oxygens (including phenoxy) is 1. The lowest BCUT2D eigenvalue weighted by molar-refractivity contribution is 0.0937. The molecule has 134 valence electrons. The van der Waals surface area contributed by atoms with Gasteiger partial charge in [-0.2, -0.15) is 0 Å². The molecule has 0 saturated carbocycles. The summed E-state index contributed by atoms with van der Waals surface area (Å²) < 4.78 is 57.8. The van der Waals surface area contributed by atoms with Gasteiger partial charge in [0.05, 0.1) is 17.2 Å². The predicted octanol–water partition coefficient (Wildman–Crippen LogP) is 2.14. The molecule has 2 N–H and O–H groups in total. The van der Waals surface area contributed by atoms with Crippen molar-refractivity contribution in [3.05, 3.63) is 59.7 Å². The molecule has 9 heteroatoms. The molecule has 0 atom stereocenters. The highest BCUT2D eigenvalue weighted by atomic mass is 32.2. The van der Waals surface area contributed by atoms with Crippen LogP contribution in [0.25, 0.3) is 0 Å². The second-order valence-electron chi connectivity index (χ2n) is 5.00. The number of hydrogen-bond donors (Lipinski definition) is 2. The normalized spacial score (nSPS) is 11.2. The SMILES string of the molecule is COCCNC(=O)c1ccc(S(=O)(=O)Nc2ccc(F)cc2F)cc1. The molecule has 0 aromatic heterocycles. The van der Waals surface area contributed by atoms with Gasteiger partial charge < -0.3 is 10.1 Å². The van der Waals surface area contributed by atoms with E-state index in [9.17, 15) is 22.0 Å². The molecule has 0 bridgehead atoms. The number of methoxy groups -OCH3 is 1. The van der Waals surface area contributed by atoms with E-state index in [1.165, 1.54) is 31.4 Å². The predicted molar refractivity (Wildman–Crippen MR) is 87.8 cm³/mol. The van der Waals surface area contributed by atoms with Crippen LogP contribution in [0.5, 0.6) is 0 Å². The first-order chi connectivity index (χ1) is 11.8. The van der Waals surface area contributed by atoms with Gasteiger partial charge in [0, 0.05) is 25.3 Å². The van der Waals surface area contributed by atoms with Gasteiger partial charge >= 0.3 is 0 Å². The van der Waals surface area contributed by atoms with E-state index < -0.39 is 21.7 Å².